The minimum absolute atomic E-state index is 0. The number of nitrogens with zero attached hydrogens (tertiary/aromatic N) is 4. The largest absolute Gasteiger partial charge is 0.356 e. The quantitative estimate of drug-likeness (QED) is 0.635. The fourth-order valence-corrected chi connectivity index (χ4v) is 1.14. The van der Waals surface area contributed by atoms with Crippen LogP contribution in [0.2, 0.25) is 0 Å². The van der Waals surface area contributed by atoms with Crippen molar-refractivity contribution in [2.75, 3.05) is 0 Å². The van der Waals surface area contributed by atoms with E-state index < -0.39 is 54.5 Å². The first-order chi connectivity index (χ1) is 12.1. The van der Waals surface area contributed by atoms with Gasteiger partial charge in [-0.25, -0.2) is 0 Å². The molecule has 0 spiro atoms. The average molecular weight is 423 g/mol. The van der Waals surface area contributed by atoms with Crippen LogP contribution >= 0.6 is 0 Å². The number of rotatable bonds is 2. The van der Waals surface area contributed by atoms with Crippen LogP contribution in [-0.4, -0.2) is 15.2 Å². The Bertz CT molecular complexity index is 1020. The molecule has 0 saturated carbocycles. The second-order valence-corrected chi connectivity index (χ2v) is 2.91. The summed E-state index contributed by atoms with van der Waals surface area (Å²) in [6.07, 6.45) is -0.532. The van der Waals surface area contributed by atoms with Gasteiger partial charge in [0.2, 0.25) is 0 Å². The second kappa shape index (κ2) is 5.67. The minimum Gasteiger partial charge on any atom is -0.356 e. The van der Waals surface area contributed by atoms with Crippen molar-refractivity contribution < 1.29 is 32.4 Å². The van der Waals surface area contributed by atoms with Crippen LogP contribution in [-0.2, 0) is 20.1 Å². The second-order valence-electron chi connectivity index (χ2n) is 2.91. The van der Waals surface area contributed by atoms with Gasteiger partial charge in [-0.05, 0) is 17.6 Å². The zero-order chi connectivity index (χ0) is 19.3. The molecule has 91 valence electrons. The summed E-state index contributed by atoms with van der Waals surface area (Å²) >= 11 is 0. The molecule has 0 bridgehead atoms. The summed E-state index contributed by atoms with van der Waals surface area (Å²) in [5, 5.41) is 7.39. The molecule has 3 aromatic rings. The molecule has 3 rings (SSSR count). The number of pyridine rings is 1. The summed E-state index contributed by atoms with van der Waals surface area (Å²) in [4.78, 5) is 7.67. The number of hydrogen-bond acceptors (Lipinski definition) is 3. The van der Waals surface area contributed by atoms with E-state index in [2.05, 4.69) is 20.2 Å². The monoisotopic (exact) mass is 423 g/mol. The number of hydrogen-bond donors (Lipinski definition) is 0. The van der Waals surface area contributed by atoms with Gasteiger partial charge in [0.15, 0.2) is 0 Å². The Morgan fingerprint density at radius 2 is 1.61 bits per heavy atom. The molecule has 0 N–H and O–H groups in total. The molecule has 1 aromatic carbocycles. The zero-order valence-corrected chi connectivity index (χ0v) is 11.0. The maximum absolute atomic E-state index is 7.91. The van der Waals surface area contributed by atoms with Crippen molar-refractivity contribution in [3.8, 4) is 22.9 Å². The van der Waals surface area contributed by atoms with Gasteiger partial charge < -0.3 is 15.2 Å². The third kappa shape index (κ3) is 2.53. The predicted octanol–water partition coefficient (Wildman–Crippen LogP) is 2.16. The van der Waals surface area contributed by atoms with Gasteiger partial charge >= 0.3 is 0 Å². The molecule has 2 aromatic heterocycles. The zero-order valence-electron chi connectivity index (χ0n) is 17.6. The molecule has 0 aliphatic heterocycles. The maximum Gasteiger partial charge on any atom is 0.0840 e. The standard InChI is InChI=1S/C13H9N4.Ir/c1-2-6-10(7-3-1)12-15-13(17-16-12)11-8-4-5-9-14-11;/h1-9H;/q-1;/i1D,2D,3D,4D,5D,6D,7D,8D,9D;. The van der Waals surface area contributed by atoms with Crippen LogP contribution in [0, 0.1) is 0 Å². The molecule has 1 radical (unpaired) electrons. The van der Waals surface area contributed by atoms with E-state index in [0.717, 1.165) is 0 Å². The third-order valence-corrected chi connectivity index (χ3v) is 1.85. The summed E-state index contributed by atoms with van der Waals surface area (Å²) in [5.74, 6) is -0.495. The molecule has 0 amide bonds. The fraction of sp³-hybridized carbons (Fsp3) is 0. The van der Waals surface area contributed by atoms with Crippen LogP contribution in [0.15, 0.2) is 54.5 Å². The molecule has 0 saturated heterocycles. The molecule has 2 heterocycles. The van der Waals surface area contributed by atoms with E-state index in [9.17, 15) is 0 Å². The van der Waals surface area contributed by atoms with Crippen molar-refractivity contribution in [3.63, 3.8) is 0 Å². The minimum atomic E-state index is -0.553. The van der Waals surface area contributed by atoms with E-state index >= 15 is 0 Å². The predicted molar refractivity (Wildman–Crippen MR) is 64.0 cm³/mol. The molecular weight excluding hydrogens is 404 g/mol. The molecule has 0 aliphatic rings. The number of aromatic nitrogens is 4. The molecule has 18 heavy (non-hydrogen) atoms. The Balaban J connectivity index is 0.00000261. The van der Waals surface area contributed by atoms with E-state index in [4.69, 9.17) is 12.3 Å². The topological polar surface area (TPSA) is 52.8 Å². The fourth-order valence-electron chi connectivity index (χ4n) is 1.14. The van der Waals surface area contributed by atoms with Crippen LogP contribution < -0.4 is 4.98 Å². The Hall–Kier alpha value is -1.84. The summed E-state index contributed by atoms with van der Waals surface area (Å²) in [7, 11) is 0. The van der Waals surface area contributed by atoms with Crippen molar-refractivity contribution in [2.24, 2.45) is 0 Å². The van der Waals surface area contributed by atoms with Gasteiger partial charge in [0, 0.05) is 37.9 Å². The summed E-state index contributed by atoms with van der Waals surface area (Å²) < 4.78 is 69.3. The van der Waals surface area contributed by atoms with Crippen LogP contribution in [0.4, 0.5) is 0 Å². The molecule has 0 atom stereocenters. The van der Waals surface area contributed by atoms with E-state index in [0.29, 0.717) is 0 Å². The van der Waals surface area contributed by atoms with E-state index in [1.807, 2.05) is 0 Å². The van der Waals surface area contributed by atoms with Crippen LogP contribution in [0.1, 0.15) is 12.3 Å². The Kier molecular flexibility index (Phi) is 1.71. The van der Waals surface area contributed by atoms with Crippen molar-refractivity contribution in [2.45, 2.75) is 0 Å². The van der Waals surface area contributed by atoms with Crippen molar-refractivity contribution in [3.05, 3.63) is 54.5 Å². The third-order valence-electron chi connectivity index (χ3n) is 1.85. The van der Waals surface area contributed by atoms with Crippen molar-refractivity contribution in [1.29, 1.82) is 0 Å². The first-order valence-electron chi connectivity index (χ1n) is 9.04. The van der Waals surface area contributed by atoms with Crippen molar-refractivity contribution in [1.82, 2.24) is 20.2 Å². The smallest absolute Gasteiger partial charge is 0.0840 e. The van der Waals surface area contributed by atoms with Gasteiger partial charge in [-0.3, -0.25) is 4.98 Å². The summed E-state index contributed by atoms with van der Waals surface area (Å²) in [6, 6.07) is -4.15. The first kappa shape index (κ1) is 5.43. The van der Waals surface area contributed by atoms with Crippen molar-refractivity contribution >= 4 is 0 Å². The molecule has 0 unspecified atom stereocenters. The average Bonchev–Trinajstić information content (AvgIpc) is 3.09. The SMILES string of the molecule is [2H]c1nc(-c2nnc(-c3c([2H])c([2H])c([2H])c([2H])c3[2H])[n-]2)c([2H])c([2H])c1[2H].[Ir]. The van der Waals surface area contributed by atoms with Crippen LogP contribution in [0.5, 0.6) is 0 Å². The maximum atomic E-state index is 7.91. The Morgan fingerprint density at radius 1 is 0.889 bits per heavy atom. The Morgan fingerprint density at radius 3 is 2.44 bits per heavy atom. The first-order valence-corrected chi connectivity index (χ1v) is 4.54. The van der Waals surface area contributed by atoms with Gasteiger partial charge in [0.05, 0.1) is 18.0 Å². The van der Waals surface area contributed by atoms with E-state index in [1.165, 1.54) is 0 Å². The van der Waals surface area contributed by atoms with Crippen LogP contribution in [0.25, 0.3) is 22.9 Å². The Labute approximate surface area is 131 Å². The molecule has 4 nitrogen and oxygen atoms in total. The van der Waals surface area contributed by atoms with E-state index in [1.54, 1.807) is 0 Å². The molecule has 5 heteroatoms. The van der Waals surface area contributed by atoms with E-state index in [-0.39, 0.29) is 43.0 Å². The number of benzene rings is 1. The van der Waals surface area contributed by atoms with Gasteiger partial charge in [0.25, 0.3) is 0 Å². The normalized spacial score (nSPS) is 16.8. The molecular formula is C13H9IrN4-. The van der Waals surface area contributed by atoms with Gasteiger partial charge in [-0.2, -0.15) is 0 Å². The summed E-state index contributed by atoms with van der Waals surface area (Å²) in [6.45, 7) is 0. The van der Waals surface area contributed by atoms with Gasteiger partial charge in [-0.15, -0.1) is 0 Å². The molecule has 0 aliphatic carbocycles. The molecule has 0 fully saturated rings. The van der Waals surface area contributed by atoms with Crippen LogP contribution in [0.3, 0.4) is 0 Å². The summed E-state index contributed by atoms with van der Waals surface area (Å²) in [5.41, 5.74) is -0.502. The van der Waals surface area contributed by atoms with Gasteiger partial charge in [-0.1, -0.05) is 36.3 Å². The van der Waals surface area contributed by atoms with Gasteiger partial charge in [0.1, 0.15) is 0 Å².